The van der Waals surface area contributed by atoms with Gasteiger partial charge in [-0.1, -0.05) is 13.8 Å². The van der Waals surface area contributed by atoms with Gasteiger partial charge in [-0.05, 0) is 38.8 Å². The van der Waals surface area contributed by atoms with Crippen molar-refractivity contribution in [3.05, 3.63) is 0 Å². The molecule has 0 saturated carbocycles. The summed E-state index contributed by atoms with van der Waals surface area (Å²) in [6, 6.07) is 0.583. The zero-order chi connectivity index (χ0) is 11.3. The minimum Gasteiger partial charge on any atom is -0.393 e. The molecule has 1 atom stereocenters. The van der Waals surface area contributed by atoms with E-state index < -0.39 is 0 Å². The van der Waals surface area contributed by atoms with Crippen LogP contribution in [0.15, 0.2) is 0 Å². The molecule has 0 radical (unpaired) electrons. The van der Waals surface area contributed by atoms with E-state index in [1.165, 1.54) is 0 Å². The Kier molecular flexibility index (Phi) is 5.58. The molecule has 2 N–H and O–H groups in total. The van der Waals surface area contributed by atoms with Gasteiger partial charge in [-0.15, -0.1) is 0 Å². The lowest BCUT2D eigenvalue weighted by Crippen LogP contribution is -2.41. The number of rotatable bonds is 5. The number of hydrogen-bond donors (Lipinski definition) is 2. The molecule has 1 saturated heterocycles. The molecule has 3 heteroatoms. The molecule has 0 aliphatic carbocycles. The van der Waals surface area contributed by atoms with Crippen molar-refractivity contribution < 1.29 is 5.11 Å². The first kappa shape index (κ1) is 12.9. The molecule has 15 heavy (non-hydrogen) atoms. The molecule has 1 fully saturated rings. The number of piperidine rings is 1. The summed E-state index contributed by atoms with van der Waals surface area (Å²) in [6.45, 7) is 10.8. The normalized spacial score (nSPS) is 22.2. The Hall–Kier alpha value is -0.120. The minimum absolute atomic E-state index is 0.124. The second kappa shape index (κ2) is 6.46. The summed E-state index contributed by atoms with van der Waals surface area (Å²) in [4.78, 5) is 2.49. The Morgan fingerprint density at radius 3 is 2.33 bits per heavy atom. The summed E-state index contributed by atoms with van der Waals surface area (Å²) in [7, 11) is 0. The molecule has 1 unspecified atom stereocenters. The lowest BCUT2D eigenvalue weighted by atomic mass is 9.92. The van der Waals surface area contributed by atoms with Gasteiger partial charge in [0.2, 0.25) is 0 Å². The number of nitrogens with zero attached hydrogens (tertiary/aromatic N) is 1. The van der Waals surface area contributed by atoms with E-state index in [9.17, 15) is 5.11 Å². The highest BCUT2D eigenvalue weighted by atomic mass is 16.3. The SMILES string of the molecule is CC(C)NCCN1CCC(C(C)O)CC1. The number of hydrogen-bond acceptors (Lipinski definition) is 3. The first-order valence-electron chi connectivity index (χ1n) is 6.23. The van der Waals surface area contributed by atoms with Crippen molar-refractivity contribution in [2.24, 2.45) is 5.92 Å². The van der Waals surface area contributed by atoms with Crippen molar-refractivity contribution in [1.82, 2.24) is 10.2 Å². The molecule has 0 amide bonds. The van der Waals surface area contributed by atoms with Crippen LogP contribution < -0.4 is 5.32 Å². The molecule has 1 heterocycles. The highest BCUT2D eigenvalue weighted by Gasteiger charge is 2.21. The number of likely N-dealkylation sites (tertiary alicyclic amines) is 1. The fourth-order valence-corrected chi connectivity index (χ4v) is 2.17. The van der Waals surface area contributed by atoms with Crippen LogP contribution in [0.4, 0.5) is 0 Å². The van der Waals surface area contributed by atoms with Gasteiger partial charge in [0.1, 0.15) is 0 Å². The Morgan fingerprint density at radius 1 is 1.27 bits per heavy atom. The van der Waals surface area contributed by atoms with Crippen LogP contribution in [0.2, 0.25) is 0 Å². The molecular weight excluding hydrogens is 188 g/mol. The van der Waals surface area contributed by atoms with Crippen LogP contribution in [0.25, 0.3) is 0 Å². The second-order valence-electron chi connectivity index (χ2n) is 5.03. The van der Waals surface area contributed by atoms with Crippen LogP contribution in [-0.2, 0) is 0 Å². The number of aliphatic hydroxyl groups excluding tert-OH is 1. The molecule has 0 spiro atoms. The highest BCUT2D eigenvalue weighted by Crippen LogP contribution is 2.19. The van der Waals surface area contributed by atoms with E-state index in [0.717, 1.165) is 39.0 Å². The van der Waals surface area contributed by atoms with Gasteiger partial charge in [0, 0.05) is 19.1 Å². The Balaban J connectivity index is 2.09. The lowest BCUT2D eigenvalue weighted by molar-refractivity contribution is 0.0721. The smallest absolute Gasteiger partial charge is 0.0541 e. The molecule has 0 aromatic carbocycles. The third kappa shape index (κ3) is 4.96. The zero-order valence-corrected chi connectivity index (χ0v) is 10.4. The summed E-state index contributed by atoms with van der Waals surface area (Å²) in [6.07, 6.45) is 2.18. The first-order valence-corrected chi connectivity index (χ1v) is 6.23. The maximum absolute atomic E-state index is 9.48. The molecule has 1 rings (SSSR count). The van der Waals surface area contributed by atoms with E-state index in [4.69, 9.17) is 0 Å². The van der Waals surface area contributed by atoms with Crippen molar-refractivity contribution in [2.45, 2.75) is 45.8 Å². The summed E-state index contributed by atoms with van der Waals surface area (Å²) in [5, 5.41) is 12.9. The monoisotopic (exact) mass is 214 g/mol. The van der Waals surface area contributed by atoms with Crippen molar-refractivity contribution in [3.8, 4) is 0 Å². The maximum Gasteiger partial charge on any atom is 0.0541 e. The van der Waals surface area contributed by atoms with Crippen molar-refractivity contribution in [2.75, 3.05) is 26.2 Å². The molecular formula is C12H26N2O. The predicted molar refractivity (Wildman–Crippen MR) is 64.0 cm³/mol. The lowest BCUT2D eigenvalue weighted by Gasteiger charge is -2.33. The Morgan fingerprint density at radius 2 is 1.87 bits per heavy atom. The average molecular weight is 214 g/mol. The third-order valence-electron chi connectivity index (χ3n) is 3.30. The van der Waals surface area contributed by atoms with Gasteiger partial charge in [0.15, 0.2) is 0 Å². The van der Waals surface area contributed by atoms with E-state index in [2.05, 4.69) is 24.1 Å². The highest BCUT2D eigenvalue weighted by molar-refractivity contribution is 4.75. The summed E-state index contributed by atoms with van der Waals surface area (Å²) < 4.78 is 0. The van der Waals surface area contributed by atoms with Crippen LogP contribution in [0, 0.1) is 5.92 Å². The Bertz CT molecular complexity index is 160. The second-order valence-corrected chi connectivity index (χ2v) is 5.03. The third-order valence-corrected chi connectivity index (χ3v) is 3.30. The molecule has 0 bridgehead atoms. The van der Waals surface area contributed by atoms with Crippen LogP contribution in [0.3, 0.4) is 0 Å². The van der Waals surface area contributed by atoms with Gasteiger partial charge in [-0.2, -0.15) is 0 Å². The summed E-state index contributed by atoms with van der Waals surface area (Å²) in [5.74, 6) is 0.527. The Labute approximate surface area is 93.9 Å². The molecule has 90 valence electrons. The number of nitrogens with one attached hydrogen (secondary N) is 1. The molecule has 1 aliphatic rings. The van der Waals surface area contributed by atoms with E-state index in [-0.39, 0.29) is 6.10 Å². The molecule has 0 aromatic rings. The van der Waals surface area contributed by atoms with Crippen LogP contribution in [0.5, 0.6) is 0 Å². The van der Waals surface area contributed by atoms with Crippen molar-refractivity contribution in [1.29, 1.82) is 0 Å². The van der Waals surface area contributed by atoms with E-state index >= 15 is 0 Å². The van der Waals surface area contributed by atoms with Crippen LogP contribution in [-0.4, -0.2) is 48.3 Å². The van der Waals surface area contributed by atoms with Gasteiger partial charge in [0.25, 0.3) is 0 Å². The molecule has 1 aliphatic heterocycles. The summed E-state index contributed by atoms with van der Waals surface area (Å²) >= 11 is 0. The number of aliphatic hydroxyl groups is 1. The first-order chi connectivity index (χ1) is 7.09. The van der Waals surface area contributed by atoms with Gasteiger partial charge in [-0.3, -0.25) is 0 Å². The van der Waals surface area contributed by atoms with Gasteiger partial charge in [-0.25, -0.2) is 0 Å². The van der Waals surface area contributed by atoms with Gasteiger partial charge < -0.3 is 15.3 Å². The molecule has 3 nitrogen and oxygen atoms in total. The predicted octanol–water partition coefficient (Wildman–Crippen LogP) is 1.08. The van der Waals surface area contributed by atoms with E-state index in [1.807, 2.05) is 6.92 Å². The fraction of sp³-hybridized carbons (Fsp3) is 1.00. The largest absolute Gasteiger partial charge is 0.393 e. The maximum atomic E-state index is 9.48. The van der Waals surface area contributed by atoms with E-state index in [0.29, 0.717) is 12.0 Å². The molecule has 0 aromatic heterocycles. The quantitative estimate of drug-likeness (QED) is 0.719. The average Bonchev–Trinajstić information content (AvgIpc) is 2.18. The van der Waals surface area contributed by atoms with Crippen molar-refractivity contribution >= 4 is 0 Å². The fourth-order valence-electron chi connectivity index (χ4n) is 2.17. The summed E-state index contributed by atoms with van der Waals surface area (Å²) in [5.41, 5.74) is 0. The van der Waals surface area contributed by atoms with Crippen molar-refractivity contribution in [3.63, 3.8) is 0 Å². The van der Waals surface area contributed by atoms with E-state index in [1.54, 1.807) is 0 Å². The minimum atomic E-state index is -0.124. The topological polar surface area (TPSA) is 35.5 Å². The van der Waals surface area contributed by atoms with Crippen LogP contribution >= 0.6 is 0 Å². The van der Waals surface area contributed by atoms with Crippen LogP contribution in [0.1, 0.15) is 33.6 Å². The zero-order valence-electron chi connectivity index (χ0n) is 10.4. The standard InChI is InChI=1S/C12H26N2O/c1-10(2)13-6-9-14-7-4-12(5-8-14)11(3)15/h10-13,15H,4-9H2,1-3H3. The van der Waals surface area contributed by atoms with Gasteiger partial charge in [0.05, 0.1) is 6.10 Å². The van der Waals surface area contributed by atoms with Gasteiger partial charge >= 0.3 is 0 Å².